The molecule has 8 nitrogen and oxygen atoms in total. The van der Waals surface area contributed by atoms with Crippen molar-refractivity contribution in [1.82, 2.24) is 24.8 Å². The average molecular weight is 426 g/mol. The van der Waals surface area contributed by atoms with Crippen LogP contribution >= 0.6 is 11.3 Å². The number of nitrogens with zero attached hydrogens (tertiary/aromatic N) is 5. The van der Waals surface area contributed by atoms with Gasteiger partial charge in [0.2, 0.25) is 5.88 Å². The van der Waals surface area contributed by atoms with Crippen LogP contribution in [-0.2, 0) is 4.74 Å². The third kappa shape index (κ3) is 3.64. The van der Waals surface area contributed by atoms with Gasteiger partial charge in [0.15, 0.2) is 5.82 Å². The smallest absolute Gasteiger partial charge is 0.256 e. The standard InChI is InChI=1S/C21H23N5O3S/c27-20-18-17(23-19(24-20)16-3-1-2-6-22-16)15(13-30-18)21(28)26-7-4-14(5-8-26)25-9-11-29-12-10-25/h1-3,6,13-14H,4-5,7-12H2,(H,23,24,27). The van der Waals surface area contributed by atoms with Crippen LogP contribution in [0.25, 0.3) is 21.7 Å². The number of rotatable bonds is 3. The van der Waals surface area contributed by atoms with Crippen LogP contribution in [0.1, 0.15) is 23.2 Å². The summed E-state index contributed by atoms with van der Waals surface area (Å²) in [6.07, 6.45) is 3.58. The summed E-state index contributed by atoms with van der Waals surface area (Å²) in [4.78, 5) is 30.6. The van der Waals surface area contributed by atoms with Crippen molar-refractivity contribution in [3.8, 4) is 17.4 Å². The Labute approximate surface area is 178 Å². The predicted octanol–water partition coefficient (Wildman–Crippen LogP) is 2.40. The van der Waals surface area contributed by atoms with E-state index in [9.17, 15) is 9.90 Å². The maximum Gasteiger partial charge on any atom is 0.256 e. The molecule has 0 bridgehead atoms. The maximum atomic E-state index is 13.3. The monoisotopic (exact) mass is 425 g/mol. The van der Waals surface area contributed by atoms with Crippen LogP contribution < -0.4 is 0 Å². The van der Waals surface area contributed by atoms with Gasteiger partial charge in [-0.05, 0) is 25.0 Å². The second kappa shape index (κ2) is 8.25. The molecule has 3 aromatic heterocycles. The normalized spacial score (nSPS) is 18.7. The molecular weight excluding hydrogens is 402 g/mol. The third-order valence-corrected chi connectivity index (χ3v) is 6.80. The number of aromatic hydroxyl groups is 1. The van der Waals surface area contributed by atoms with Gasteiger partial charge in [-0.2, -0.15) is 4.98 Å². The molecule has 2 fully saturated rings. The lowest BCUT2D eigenvalue weighted by Gasteiger charge is -2.40. The van der Waals surface area contributed by atoms with Gasteiger partial charge in [0.25, 0.3) is 5.91 Å². The van der Waals surface area contributed by atoms with Crippen molar-refractivity contribution in [1.29, 1.82) is 0 Å². The van der Waals surface area contributed by atoms with E-state index in [4.69, 9.17) is 4.74 Å². The molecule has 5 heterocycles. The number of morpholine rings is 1. The molecule has 156 valence electrons. The molecule has 0 radical (unpaired) electrons. The zero-order valence-electron chi connectivity index (χ0n) is 16.5. The molecule has 2 aliphatic heterocycles. The summed E-state index contributed by atoms with van der Waals surface area (Å²) in [5.74, 6) is 0.168. The number of aromatic nitrogens is 3. The number of thiophene rings is 1. The van der Waals surface area contributed by atoms with Crippen molar-refractivity contribution in [2.45, 2.75) is 18.9 Å². The highest BCUT2D eigenvalue weighted by molar-refractivity contribution is 7.17. The molecule has 0 aliphatic carbocycles. The number of hydrogen-bond donors (Lipinski definition) is 1. The van der Waals surface area contributed by atoms with E-state index >= 15 is 0 Å². The molecule has 9 heteroatoms. The molecule has 1 amide bonds. The van der Waals surface area contributed by atoms with Gasteiger partial charge in [0, 0.05) is 43.8 Å². The van der Waals surface area contributed by atoms with Crippen LogP contribution in [0.5, 0.6) is 5.88 Å². The van der Waals surface area contributed by atoms with E-state index in [1.807, 2.05) is 17.0 Å². The fourth-order valence-corrected chi connectivity index (χ4v) is 5.08. The number of likely N-dealkylation sites (tertiary alicyclic amines) is 1. The first kappa shape index (κ1) is 19.3. The van der Waals surface area contributed by atoms with Gasteiger partial charge in [0.1, 0.15) is 15.9 Å². The molecule has 5 rings (SSSR count). The molecule has 2 saturated heterocycles. The van der Waals surface area contributed by atoms with E-state index in [0.717, 1.165) is 52.2 Å². The summed E-state index contributed by atoms with van der Waals surface area (Å²) >= 11 is 1.30. The highest BCUT2D eigenvalue weighted by Gasteiger charge is 2.30. The van der Waals surface area contributed by atoms with Crippen LogP contribution in [0.15, 0.2) is 29.8 Å². The van der Waals surface area contributed by atoms with E-state index in [0.29, 0.717) is 33.3 Å². The van der Waals surface area contributed by atoms with Crippen LogP contribution in [0.3, 0.4) is 0 Å². The number of ether oxygens (including phenoxy) is 1. The Morgan fingerprint density at radius 3 is 2.67 bits per heavy atom. The molecule has 3 aromatic rings. The second-order valence-electron chi connectivity index (χ2n) is 7.58. The van der Waals surface area contributed by atoms with Crippen molar-refractivity contribution in [3.05, 3.63) is 35.3 Å². The first-order valence-corrected chi connectivity index (χ1v) is 11.1. The summed E-state index contributed by atoms with van der Waals surface area (Å²) < 4.78 is 5.98. The Morgan fingerprint density at radius 2 is 1.93 bits per heavy atom. The van der Waals surface area contributed by atoms with Gasteiger partial charge in [-0.1, -0.05) is 6.07 Å². The number of hydrogen-bond acceptors (Lipinski definition) is 8. The van der Waals surface area contributed by atoms with Crippen LogP contribution in [0, 0.1) is 0 Å². The summed E-state index contributed by atoms with van der Waals surface area (Å²) in [5, 5.41) is 12.2. The van der Waals surface area contributed by atoms with Crippen molar-refractivity contribution in [2.24, 2.45) is 0 Å². The fourth-order valence-electron chi connectivity index (χ4n) is 4.21. The van der Waals surface area contributed by atoms with Gasteiger partial charge in [-0.15, -0.1) is 11.3 Å². The highest BCUT2D eigenvalue weighted by Crippen LogP contribution is 2.33. The molecule has 0 atom stereocenters. The lowest BCUT2D eigenvalue weighted by Crippen LogP contribution is -2.50. The van der Waals surface area contributed by atoms with Crippen molar-refractivity contribution >= 4 is 27.5 Å². The van der Waals surface area contributed by atoms with Crippen molar-refractivity contribution in [3.63, 3.8) is 0 Å². The Hall–Kier alpha value is -2.62. The van der Waals surface area contributed by atoms with Gasteiger partial charge >= 0.3 is 0 Å². The van der Waals surface area contributed by atoms with Gasteiger partial charge in [0.05, 0.1) is 18.8 Å². The molecule has 1 N–H and O–H groups in total. The predicted molar refractivity (Wildman–Crippen MR) is 114 cm³/mol. The number of carbonyl (C=O) groups is 1. The molecule has 2 aliphatic rings. The largest absolute Gasteiger partial charge is 0.492 e. The quantitative estimate of drug-likeness (QED) is 0.689. The lowest BCUT2D eigenvalue weighted by atomic mass is 10.0. The number of piperidine rings is 1. The maximum absolute atomic E-state index is 13.3. The van der Waals surface area contributed by atoms with Crippen LogP contribution in [-0.4, -0.2) is 81.2 Å². The van der Waals surface area contributed by atoms with E-state index in [1.165, 1.54) is 11.3 Å². The van der Waals surface area contributed by atoms with Gasteiger partial charge < -0.3 is 14.7 Å². The molecule has 0 spiro atoms. The Kier molecular flexibility index (Phi) is 5.32. The lowest BCUT2D eigenvalue weighted by molar-refractivity contribution is 0.00161. The Balaban J connectivity index is 1.37. The summed E-state index contributed by atoms with van der Waals surface area (Å²) in [6.45, 7) is 4.98. The SMILES string of the molecule is O=C(c1csc2c(O)nc(-c3ccccn3)nc12)N1CCC(N2CCOCC2)CC1. The molecule has 0 unspecified atom stereocenters. The van der Waals surface area contributed by atoms with E-state index in [2.05, 4.69) is 19.9 Å². The molecule has 0 saturated carbocycles. The fraction of sp³-hybridized carbons (Fsp3) is 0.429. The van der Waals surface area contributed by atoms with Gasteiger partial charge in [-0.3, -0.25) is 14.7 Å². The topological polar surface area (TPSA) is 91.7 Å². The Bertz CT molecular complexity index is 1040. The summed E-state index contributed by atoms with van der Waals surface area (Å²) in [7, 11) is 0. The van der Waals surface area contributed by atoms with Crippen LogP contribution in [0.4, 0.5) is 0 Å². The van der Waals surface area contributed by atoms with E-state index in [1.54, 1.807) is 17.6 Å². The first-order valence-electron chi connectivity index (χ1n) is 10.2. The number of fused-ring (bicyclic) bond motifs is 1. The van der Waals surface area contributed by atoms with E-state index < -0.39 is 0 Å². The zero-order valence-corrected chi connectivity index (χ0v) is 17.3. The second-order valence-corrected chi connectivity index (χ2v) is 8.46. The van der Waals surface area contributed by atoms with Crippen molar-refractivity contribution < 1.29 is 14.6 Å². The van der Waals surface area contributed by atoms with E-state index in [-0.39, 0.29) is 11.8 Å². The van der Waals surface area contributed by atoms with Crippen LogP contribution in [0.2, 0.25) is 0 Å². The average Bonchev–Trinajstić information content (AvgIpc) is 3.24. The minimum Gasteiger partial charge on any atom is -0.492 e. The number of amides is 1. The minimum atomic E-state index is -0.115. The zero-order chi connectivity index (χ0) is 20.5. The first-order chi connectivity index (χ1) is 14.7. The third-order valence-electron chi connectivity index (χ3n) is 5.84. The summed E-state index contributed by atoms with van der Waals surface area (Å²) in [6, 6.07) is 5.94. The summed E-state index contributed by atoms with van der Waals surface area (Å²) in [5.41, 5.74) is 1.58. The Morgan fingerprint density at radius 1 is 1.13 bits per heavy atom. The number of pyridine rings is 1. The minimum absolute atomic E-state index is 0.0354. The van der Waals surface area contributed by atoms with Crippen molar-refractivity contribution in [2.75, 3.05) is 39.4 Å². The molecular formula is C21H23N5O3S. The molecule has 30 heavy (non-hydrogen) atoms. The number of carbonyl (C=O) groups excluding carboxylic acids is 1. The highest BCUT2D eigenvalue weighted by atomic mass is 32.1. The molecule has 0 aromatic carbocycles. The van der Waals surface area contributed by atoms with Gasteiger partial charge in [-0.25, -0.2) is 4.98 Å².